The molecule has 2 aromatic carbocycles. The van der Waals surface area contributed by atoms with Gasteiger partial charge in [-0.05, 0) is 58.3 Å². The third-order valence-corrected chi connectivity index (χ3v) is 3.82. The zero-order chi connectivity index (χ0) is 13.1. The fourth-order valence-electron chi connectivity index (χ4n) is 1.73. The summed E-state index contributed by atoms with van der Waals surface area (Å²) in [6, 6.07) is 11.1. The molecule has 2 nitrogen and oxygen atoms in total. The molecule has 0 amide bonds. The van der Waals surface area contributed by atoms with Gasteiger partial charge in [0.2, 0.25) is 0 Å². The molecule has 0 aliphatic rings. The van der Waals surface area contributed by atoms with Crippen LogP contribution >= 0.6 is 34.2 Å². The van der Waals surface area contributed by atoms with Crippen LogP contribution in [0.1, 0.15) is 21.5 Å². The molecule has 0 saturated carbocycles. The molecule has 18 heavy (non-hydrogen) atoms. The number of hydrogen-bond acceptors (Lipinski definition) is 2. The van der Waals surface area contributed by atoms with Crippen LogP contribution in [0.3, 0.4) is 0 Å². The van der Waals surface area contributed by atoms with Crippen LogP contribution < -0.4 is 0 Å². The van der Waals surface area contributed by atoms with Crippen molar-refractivity contribution in [2.24, 2.45) is 0 Å². The predicted molar refractivity (Wildman–Crippen MR) is 80.5 cm³/mol. The molecule has 0 saturated heterocycles. The fraction of sp³-hybridized carbons (Fsp3) is 0.0714. The lowest BCUT2D eigenvalue weighted by molar-refractivity contribution is 0.112. The normalized spacial score (nSPS) is 10.3. The maximum atomic E-state index is 10.9. The first kappa shape index (κ1) is 13.4. The van der Waals surface area contributed by atoms with Gasteiger partial charge in [-0.25, -0.2) is 0 Å². The van der Waals surface area contributed by atoms with Crippen LogP contribution in [-0.4, -0.2) is 11.4 Å². The lowest BCUT2D eigenvalue weighted by Gasteiger charge is -2.07. The van der Waals surface area contributed by atoms with E-state index in [4.69, 9.17) is 11.6 Å². The van der Waals surface area contributed by atoms with Crippen molar-refractivity contribution in [2.45, 2.75) is 6.42 Å². The second-order valence-electron chi connectivity index (χ2n) is 3.90. The van der Waals surface area contributed by atoms with Crippen molar-refractivity contribution >= 4 is 40.5 Å². The van der Waals surface area contributed by atoms with Crippen LogP contribution in [0.15, 0.2) is 36.4 Å². The molecule has 0 spiro atoms. The Morgan fingerprint density at radius 1 is 1.28 bits per heavy atom. The molecule has 4 heteroatoms. The van der Waals surface area contributed by atoms with E-state index < -0.39 is 0 Å². The average molecular weight is 373 g/mol. The van der Waals surface area contributed by atoms with E-state index in [-0.39, 0.29) is 5.75 Å². The highest BCUT2D eigenvalue weighted by Gasteiger charge is 2.09. The van der Waals surface area contributed by atoms with Crippen LogP contribution in [0.4, 0.5) is 0 Å². The number of aldehydes is 1. The highest BCUT2D eigenvalue weighted by molar-refractivity contribution is 14.1. The molecule has 2 aromatic rings. The Kier molecular flexibility index (Phi) is 4.24. The quantitative estimate of drug-likeness (QED) is 0.652. The molecule has 0 aromatic heterocycles. The van der Waals surface area contributed by atoms with Gasteiger partial charge in [0.15, 0.2) is 6.29 Å². The van der Waals surface area contributed by atoms with Crippen LogP contribution in [0.25, 0.3) is 0 Å². The van der Waals surface area contributed by atoms with Crippen LogP contribution in [0.2, 0.25) is 5.02 Å². The Morgan fingerprint density at radius 3 is 2.67 bits per heavy atom. The number of carbonyl (C=O) groups excluding carboxylic acids is 1. The molecule has 0 unspecified atom stereocenters. The molecule has 0 bridgehead atoms. The van der Waals surface area contributed by atoms with E-state index in [1.54, 1.807) is 6.07 Å². The number of hydrogen-bond donors (Lipinski definition) is 1. The molecule has 1 N–H and O–H groups in total. The summed E-state index contributed by atoms with van der Waals surface area (Å²) in [5.41, 5.74) is 2.26. The van der Waals surface area contributed by atoms with Gasteiger partial charge in [-0.1, -0.05) is 29.8 Å². The van der Waals surface area contributed by atoms with E-state index in [0.29, 0.717) is 26.9 Å². The molecule has 0 fully saturated rings. The van der Waals surface area contributed by atoms with Gasteiger partial charge in [0, 0.05) is 5.02 Å². The van der Waals surface area contributed by atoms with Crippen molar-refractivity contribution in [3.05, 3.63) is 61.7 Å². The van der Waals surface area contributed by atoms with Gasteiger partial charge in [-0.2, -0.15) is 0 Å². The Labute approximate surface area is 124 Å². The standard InChI is InChI=1S/C14H10ClIO2/c15-12-4-2-1-3-10(12)5-9-6-11(8-17)14(18)13(16)7-9/h1-4,6-8,18H,5H2. The molecular formula is C14H10ClIO2. The lowest BCUT2D eigenvalue weighted by atomic mass is 10.0. The third kappa shape index (κ3) is 2.84. The molecule has 0 radical (unpaired) electrons. The summed E-state index contributed by atoms with van der Waals surface area (Å²) in [7, 11) is 0. The maximum absolute atomic E-state index is 10.9. The van der Waals surface area contributed by atoms with Crippen molar-refractivity contribution in [3.63, 3.8) is 0 Å². The van der Waals surface area contributed by atoms with Crippen LogP contribution in [0.5, 0.6) is 5.75 Å². The molecule has 0 heterocycles. The Morgan fingerprint density at radius 2 is 2.00 bits per heavy atom. The van der Waals surface area contributed by atoms with E-state index >= 15 is 0 Å². The first-order valence-corrected chi connectivity index (χ1v) is 6.77. The van der Waals surface area contributed by atoms with E-state index in [1.165, 1.54) is 0 Å². The molecule has 0 aliphatic carbocycles. The number of phenolic OH excluding ortho intramolecular Hbond substituents is 1. The first-order valence-electron chi connectivity index (χ1n) is 5.32. The summed E-state index contributed by atoms with van der Waals surface area (Å²) in [6.07, 6.45) is 1.30. The fourth-order valence-corrected chi connectivity index (χ4v) is 2.65. The zero-order valence-electron chi connectivity index (χ0n) is 9.36. The molecular weight excluding hydrogens is 363 g/mol. The van der Waals surface area contributed by atoms with Crippen molar-refractivity contribution in [1.29, 1.82) is 0 Å². The molecule has 0 atom stereocenters. The summed E-state index contributed by atoms with van der Waals surface area (Å²) in [5.74, 6) is 0.0357. The number of aromatic hydroxyl groups is 1. The van der Waals surface area contributed by atoms with Gasteiger partial charge in [0.1, 0.15) is 5.75 Å². The monoisotopic (exact) mass is 372 g/mol. The number of carbonyl (C=O) groups is 1. The lowest BCUT2D eigenvalue weighted by Crippen LogP contribution is -1.94. The number of halogens is 2. The van der Waals surface area contributed by atoms with Gasteiger partial charge >= 0.3 is 0 Å². The third-order valence-electron chi connectivity index (χ3n) is 2.63. The minimum atomic E-state index is 0.0357. The SMILES string of the molecule is O=Cc1cc(Cc2ccccc2Cl)cc(I)c1O. The Balaban J connectivity index is 2.38. The number of rotatable bonds is 3. The summed E-state index contributed by atoms with van der Waals surface area (Å²) in [4.78, 5) is 10.9. The molecule has 2 rings (SSSR count). The van der Waals surface area contributed by atoms with Gasteiger partial charge < -0.3 is 5.11 Å². The number of benzene rings is 2. The van der Waals surface area contributed by atoms with Crippen molar-refractivity contribution in [1.82, 2.24) is 0 Å². The highest BCUT2D eigenvalue weighted by Crippen LogP contribution is 2.27. The van der Waals surface area contributed by atoms with Crippen LogP contribution in [0, 0.1) is 3.57 Å². The summed E-state index contributed by atoms with van der Waals surface area (Å²) in [6.45, 7) is 0. The first-order chi connectivity index (χ1) is 8.61. The summed E-state index contributed by atoms with van der Waals surface area (Å²) >= 11 is 8.11. The summed E-state index contributed by atoms with van der Waals surface area (Å²) < 4.78 is 0.666. The second-order valence-corrected chi connectivity index (χ2v) is 5.47. The largest absolute Gasteiger partial charge is 0.506 e. The predicted octanol–water partition coefficient (Wildman–Crippen LogP) is 4.05. The van der Waals surface area contributed by atoms with Gasteiger partial charge in [-0.3, -0.25) is 4.79 Å². The maximum Gasteiger partial charge on any atom is 0.153 e. The van der Waals surface area contributed by atoms with E-state index in [9.17, 15) is 9.90 Å². The smallest absolute Gasteiger partial charge is 0.153 e. The van der Waals surface area contributed by atoms with Gasteiger partial charge in [0.05, 0.1) is 9.13 Å². The molecule has 92 valence electrons. The summed E-state index contributed by atoms with van der Waals surface area (Å²) in [5, 5.41) is 10.4. The highest BCUT2D eigenvalue weighted by atomic mass is 127. The van der Waals surface area contributed by atoms with Crippen molar-refractivity contribution in [3.8, 4) is 5.75 Å². The average Bonchev–Trinajstić information content (AvgIpc) is 2.36. The van der Waals surface area contributed by atoms with E-state index in [1.807, 2.05) is 52.9 Å². The molecule has 0 aliphatic heterocycles. The van der Waals surface area contributed by atoms with Gasteiger partial charge in [-0.15, -0.1) is 0 Å². The Hall–Kier alpha value is -1.07. The van der Waals surface area contributed by atoms with Crippen molar-refractivity contribution < 1.29 is 9.90 Å². The topological polar surface area (TPSA) is 37.3 Å². The Bertz CT molecular complexity index is 596. The zero-order valence-corrected chi connectivity index (χ0v) is 12.3. The van der Waals surface area contributed by atoms with E-state index in [0.717, 1.165) is 11.1 Å². The minimum Gasteiger partial charge on any atom is -0.506 e. The number of phenols is 1. The van der Waals surface area contributed by atoms with E-state index in [2.05, 4.69) is 0 Å². The van der Waals surface area contributed by atoms with Gasteiger partial charge in [0.25, 0.3) is 0 Å². The van der Waals surface area contributed by atoms with Crippen LogP contribution in [-0.2, 0) is 6.42 Å². The van der Waals surface area contributed by atoms with Crippen molar-refractivity contribution in [2.75, 3.05) is 0 Å². The minimum absolute atomic E-state index is 0.0357. The second kappa shape index (κ2) is 5.71.